The highest BCUT2D eigenvalue weighted by Gasteiger charge is 2.07. The topological polar surface area (TPSA) is 9.23 Å². The smallest absolute Gasteiger partial charge is 0.119 e. The third-order valence-electron chi connectivity index (χ3n) is 3.31. The van der Waals surface area contributed by atoms with Crippen molar-refractivity contribution in [1.29, 1.82) is 0 Å². The van der Waals surface area contributed by atoms with E-state index in [4.69, 9.17) is 4.74 Å². The number of allylic oxidation sites excluding steroid dienone is 1. The molecule has 0 bridgehead atoms. The van der Waals surface area contributed by atoms with Crippen molar-refractivity contribution < 1.29 is 4.74 Å². The first-order chi connectivity index (χ1) is 8.81. The lowest BCUT2D eigenvalue weighted by atomic mass is 9.93. The van der Waals surface area contributed by atoms with E-state index in [1.165, 1.54) is 18.4 Å². The molecule has 0 heterocycles. The van der Waals surface area contributed by atoms with Gasteiger partial charge in [0.2, 0.25) is 0 Å². The molecule has 1 heteroatoms. The predicted octanol–water partition coefficient (Wildman–Crippen LogP) is 5.33. The Kier molecular flexibility index (Phi) is 7.24. The molecule has 1 atom stereocenters. The van der Waals surface area contributed by atoms with Gasteiger partial charge < -0.3 is 4.74 Å². The van der Waals surface area contributed by atoms with E-state index in [2.05, 4.69) is 44.7 Å². The number of ether oxygens (including phenoxy) is 1. The minimum atomic E-state index is 0.594. The first-order valence-corrected chi connectivity index (χ1v) is 7.15. The van der Waals surface area contributed by atoms with E-state index in [1.807, 2.05) is 6.08 Å². The molecule has 1 rings (SSSR count). The summed E-state index contributed by atoms with van der Waals surface area (Å²) in [6.07, 6.45) is 7.84. The molecule has 0 saturated carbocycles. The van der Waals surface area contributed by atoms with Crippen LogP contribution in [0.2, 0.25) is 0 Å². The van der Waals surface area contributed by atoms with Crippen LogP contribution in [0.1, 0.15) is 57.4 Å². The van der Waals surface area contributed by atoms with Gasteiger partial charge in [-0.3, -0.25) is 0 Å². The van der Waals surface area contributed by atoms with Crippen molar-refractivity contribution in [2.75, 3.05) is 6.61 Å². The van der Waals surface area contributed by atoms with Gasteiger partial charge in [0.15, 0.2) is 0 Å². The van der Waals surface area contributed by atoms with Crippen LogP contribution in [-0.2, 0) is 0 Å². The van der Waals surface area contributed by atoms with Gasteiger partial charge in [0, 0.05) is 0 Å². The number of hydrogen-bond acceptors (Lipinski definition) is 1. The van der Waals surface area contributed by atoms with Crippen LogP contribution in [0.4, 0.5) is 0 Å². The zero-order valence-corrected chi connectivity index (χ0v) is 11.8. The lowest BCUT2D eigenvalue weighted by molar-refractivity contribution is 0.306. The Morgan fingerprint density at radius 2 is 1.89 bits per heavy atom. The maximum atomic E-state index is 5.72. The van der Waals surface area contributed by atoms with E-state index in [0.29, 0.717) is 5.92 Å². The van der Waals surface area contributed by atoms with Crippen LogP contribution in [0.3, 0.4) is 0 Å². The van der Waals surface area contributed by atoms with E-state index < -0.39 is 0 Å². The normalized spacial score (nSPS) is 12.1. The van der Waals surface area contributed by atoms with Crippen molar-refractivity contribution in [3.63, 3.8) is 0 Å². The largest absolute Gasteiger partial charge is 0.494 e. The Morgan fingerprint density at radius 1 is 1.17 bits per heavy atom. The molecule has 0 spiro atoms. The van der Waals surface area contributed by atoms with Crippen LogP contribution < -0.4 is 4.74 Å². The molecule has 18 heavy (non-hydrogen) atoms. The van der Waals surface area contributed by atoms with E-state index in [9.17, 15) is 0 Å². The second-order valence-corrected chi connectivity index (χ2v) is 4.75. The summed E-state index contributed by atoms with van der Waals surface area (Å²) >= 11 is 0. The van der Waals surface area contributed by atoms with Crippen molar-refractivity contribution in [3.8, 4) is 5.75 Å². The second kappa shape index (κ2) is 8.79. The highest BCUT2D eigenvalue weighted by atomic mass is 16.5. The Bertz CT molecular complexity index is 326. The van der Waals surface area contributed by atoms with Crippen LogP contribution in [0, 0.1) is 0 Å². The monoisotopic (exact) mass is 246 g/mol. The molecule has 0 saturated heterocycles. The standard InChI is InChI=1S/C17H26O/c1-4-7-8-14-18-17-12-10-16(11-13-17)15(6-3)9-5-2/h5,10-13,15H,2,4,6-9,14H2,1,3H3. The lowest BCUT2D eigenvalue weighted by Crippen LogP contribution is -1.99. The molecule has 0 aliphatic carbocycles. The molecule has 1 nitrogen and oxygen atoms in total. The fraction of sp³-hybridized carbons (Fsp3) is 0.529. The summed E-state index contributed by atoms with van der Waals surface area (Å²) in [5.74, 6) is 1.58. The van der Waals surface area contributed by atoms with Gasteiger partial charge in [0.05, 0.1) is 6.61 Å². The van der Waals surface area contributed by atoms with Crippen molar-refractivity contribution in [2.24, 2.45) is 0 Å². The van der Waals surface area contributed by atoms with Crippen molar-refractivity contribution in [3.05, 3.63) is 42.5 Å². The minimum absolute atomic E-state index is 0.594. The summed E-state index contributed by atoms with van der Waals surface area (Å²) < 4.78 is 5.72. The molecular formula is C17H26O. The highest BCUT2D eigenvalue weighted by molar-refractivity contribution is 5.29. The molecule has 0 aromatic heterocycles. The molecular weight excluding hydrogens is 220 g/mol. The van der Waals surface area contributed by atoms with Crippen LogP contribution in [0.25, 0.3) is 0 Å². The number of rotatable bonds is 9. The molecule has 1 aromatic carbocycles. The zero-order valence-electron chi connectivity index (χ0n) is 11.8. The van der Waals surface area contributed by atoms with Gasteiger partial charge in [0.25, 0.3) is 0 Å². The number of benzene rings is 1. The first-order valence-electron chi connectivity index (χ1n) is 7.15. The Morgan fingerprint density at radius 3 is 2.44 bits per heavy atom. The fourth-order valence-electron chi connectivity index (χ4n) is 2.12. The molecule has 0 fully saturated rings. The molecule has 1 aromatic rings. The Balaban J connectivity index is 2.48. The third kappa shape index (κ3) is 4.95. The van der Waals surface area contributed by atoms with Gasteiger partial charge in [0.1, 0.15) is 5.75 Å². The third-order valence-corrected chi connectivity index (χ3v) is 3.31. The summed E-state index contributed by atoms with van der Waals surface area (Å²) in [5.41, 5.74) is 1.39. The van der Waals surface area contributed by atoms with Crippen LogP contribution in [0.5, 0.6) is 5.75 Å². The van der Waals surface area contributed by atoms with Crippen molar-refractivity contribution in [1.82, 2.24) is 0 Å². The predicted molar refractivity (Wildman–Crippen MR) is 79.3 cm³/mol. The average Bonchev–Trinajstić information content (AvgIpc) is 2.42. The van der Waals surface area contributed by atoms with Crippen molar-refractivity contribution in [2.45, 2.75) is 51.9 Å². The minimum Gasteiger partial charge on any atom is -0.494 e. The molecule has 0 amide bonds. The SMILES string of the molecule is C=CCC(CC)c1ccc(OCCCCC)cc1. The molecule has 0 aliphatic heterocycles. The average molecular weight is 246 g/mol. The van der Waals surface area contributed by atoms with E-state index in [-0.39, 0.29) is 0 Å². The zero-order chi connectivity index (χ0) is 13.2. The molecule has 100 valence electrons. The fourth-order valence-corrected chi connectivity index (χ4v) is 2.12. The van der Waals surface area contributed by atoms with E-state index in [1.54, 1.807) is 0 Å². The van der Waals surface area contributed by atoms with Gasteiger partial charge in [-0.1, -0.05) is 44.9 Å². The molecule has 1 unspecified atom stereocenters. The highest BCUT2D eigenvalue weighted by Crippen LogP contribution is 2.25. The maximum Gasteiger partial charge on any atom is 0.119 e. The van der Waals surface area contributed by atoms with Gasteiger partial charge in [-0.25, -0.2) is 0 Å². The summed E-state index contributed by atoms with van der Waals surface area (Å²) in [5, 5.41) is 0. The van der Waals surface area contributed by atoms with Crippen LogP contribution in [-0.4, -0.2) is 6.61 Å². The maximum absolute atomic E-state index is 5.72. The molecule has 0 radical (unpaired) electrons. The van der Waals surface area contributed by atoms with Gasteiger partial charge >= 0.3 is 0 Å². The van der Waals surface area contributed by atoms with Gasteiger partial charge in [-0.05, 0) is 42.9 Å². The molecule has 0 aliphatic rings. The van der Waals surface area contributed by atoms with Crippen LogP contribution >= 0.6 is 0 Å². The van der Waals surface area contributed by atoms with Gasteiger partial charge in [-0.15, -0.1) is 6.58 Å². The van der Waals surface area contributed by atoms with Crippen LogP contribution in [0.15, 0.2) is 36.9 Å². The molecule has 0 N–H and O–H groups in total. The second-order valence-electron chi connectivity index (χ2n) is 4.75. The summed E-state index contributed by atoms with van der Waals surface area (Å²) in [4.78, 5) is 0. The van der Waals surface area contributed by atoms with E-state index in [0.717, 1.165) is 31.6 Å². The lowest BCUT2D eigenvalue weighted by Gasteiger charge is -2.14. The summed E-state index contributed by atoms with van der Waals surface area (Å²) in [7, 11) is 0. The summed E-state index contributed by atoms with van der Waals surface area (Å²) in [6, 6.07) is 8.56. The van der Waals surface area contributed by atoms with Gasteiger partial charge in [-0.2, -0.15) is 0 Å². The number of hydrogen-bond donors (Lipinski definition) is 0. The quantitative estimate of drug-likeness (QED) is 0.423. The summed E-state index contributed by atoms with van der Waals surface area (Å²) in [6.45, 7) is 9.09. The van der Waals surface area contributed by atoms with Crippen molar-refractivity contribution >= 4 is 0 Å². The van der Waals surface area contributed by atoms with E-state index >= 15 is 0 Å². The first kappa shape index (κ1) is 14.8. The Hall–Kier alpha value is -1.24. The number of unbranched alkanes of at least 4 members (excludes halogenated alkanes) is 2. The Labute approximate surface area is 112 Å².